The molecular formula is C23H30N6O5S. The van der Waals surface area contributed by atoms with Gasteiger partial charge in [-0.3, -0.25) is 0 Å². The average Bonchev–Trinajstić information content (AvgIpc) is 2.82. The Morgan fingerprint density at radius 3 is 1.97 bits per heavy atom. The van der Waals surface area contributed by atoms with Gasteiger partial charge in [-0.1, -0.05) is 18.2 Å². The molecule has 2 aromatic carbocycles. The highest BCUT2D eigenvalue weighted by molar-refractivity contribution is 7.90. The molecule has 3 rings (SSSR count). The highest BCUT2D eigenvalue weighted by Crippen LogP contribution is 2.20. The molecule has 188 valence electrons. The van der Waals surface area contributed by atoms with E-state index in [1.54, 1.807) is 24.3 Å². The van der Waals surface area contributed by atoms with Crippen molar-refractivity contribution in [2.75, 3.05) is 60.9 Å². The van der Waals surface area contributed by atoms with Gasteiger partial charge in [-0.25, -0.2) is 8.42 Å². The van der Waals surface area contributed by atoms with Gasteiger partial charge >= 0.3 is 0 Å². The van der Waals surface area contributed by atoms with Gasteiger partial charge in [0.1, 0.15) is 15.6 Å². The third-order valence-corrected chi connectivity index (χ3v) is 5.52. The number of para-hydroxylation sites is 1. The number of rotatable bonds is 15. The fraction of sp³-hybridized carbons (Fsp3) is 0.348. The molecule has 1 heterocycles. The minimum atomic E-state index is -2.95. The highest BCUT2D eigenvalue weighted by Gasteiger charge is 2.08. The number of benzene rings is 2. The quantitative estimate of drug-likeness (QED) is 0.180. The minimum Gasteiger partial charge on any atom is -0.508 e. The first-order valence-corrected chi connectivity index (χ1v) is 13.1. The Labute approximate surface area is 204 Å². The predicted molar refractivity (Wildman–Crippen MR) is 135 cm³/mol. The van der Waals surface area contributed by atoms with Crippen molar-refractivity contribution >= 4 is 39.1 Å². The number of phenolic OH excluding ortho intramolecular Hbond substituents is 1. The second kappa shape index (κ2) is 13.4. The lowest BCUT2D eigenvalue weighted by Gasteiger charge is -2.12. The molecule has 0 saturated heterocycles. The third-order valence-electron chi connectivity index (χ3n) is 4.49. The largest absolute Gasteiger partial charge is 0.508 e. The van der Waals surface area contributed by atoms with Gasteiger partial charge in [0, 0.05) is 30.8 Å². The molecule has 11 nitrogen and oxygen atoms in total. The van der Waals surface area contributed by atoms with E-state index in [0.29, 0.717) is 62.9 Å². The summed E-state index contributed by atoms with van der Waals surface area (Å²) in [5.74, 6) is 1.34. The zero-order valence-electron chi connectivity index (χ0n) is 19.5. The second-order valence-corrected chi connectivity index (χ2v) is 9.86. The monoisotopic (exact) mass is 502 g/mol. The van der Waals surface area contributed by atoms with Crippen molar-refractivity contribution in [1.29, 1.82) is 0 Å². The molecule has 0 aliphatic heterocycles. The molecule has 0 radical (unpaired) electrons. The first-order chi connectivity index (χ1) is 16.9. The fourth-order valence-corrected chi connectivity index (χ4v) is 3.51. The van der Waals surface area contributed by atoms with Crippen molar-refractivity contribution in [2.45, 2.75) is 6.42 Å². The van der Waals surface area contributed by atoms with Crippen molar-refractivity contribution < 1.29 is 23.0 Å². The van der Waals surface area contributed by atoms with Crippen LogP contribution in [0.25, 0.3) is 0 Å². The predicted octanol–water partition coefficient (Wildman–Crippen LogP) is 2.94. The molecule has 35 heavy (non-hydrogen) atoms. The molecular weight excluding hydrogens is 472 g/mol. The molecule has 0 unspecified atom stereocenters. The number of nitrogens with zero attached hydrogens (tertiary/aromatic N) is 3. The molecule has 0 bridgehead atoms. The smallest absolute Gasteiger partial charge is 0.233 e. The zero-order valence-corrected chi connectivity index (χ0v) is 20.3. The molecule has 0 fully saturated rings. The maximum Gasteiger partial charge on any atom is 0.233 e. The summed E-state index contributed by atoms with van der Waals surface area (Å²) < 4.78 is 33.1. The number of aromatic hydroxyl groups is 1. The van der Waals surface area contributed by atoms with E-state index in [1.807, 2.05) is 30.3 Å². The number of sulfone groups is 1. The van der Waals surface area contributed by atoms with E-state index in [-0.39, 0.29) is 11.5 Å². The summed E-state index contributed by atoms with van der Waals surface area (Å²) in [6, 6.07) is 16.1. The van der Waals surface area contributed by atoms with Crippen molar-refractivity contribution in [3.8, 4) is 5.75 Å². The van der Waals surface area contributed by atoms with Gasteiger partial charge < -0.3 is 30.5 Å². The lowest BCUT2D eigenvalue weighted by atomic mass is 10.3. The van der Waals surface area contributed by atoms with Crippen LogP contribution in [0.1, 0.15) is 6.42 Å². The van der Waals surface area contributed by atoms with Gasteiger partial charge in [0.25, 0.3) is 0 Å². The van der Waals surface area contributed by atoms with Gasteiger partial charge in [-0.05, 0) is 42.8 Å². The maximum absolute atomic E-state index is 11.1. The molecule has 4 N–H and O–H groups in total. The van der Waals surface area contributed by atoms with Crippen molar-refractivity contribution in [3.05, 3.63) is 54.6 Å². The number of ether oxygens (including phenoxy) is 2. The zero-order chi connectivity index (χ0) is 24.9. The van der Waals surface area contributed by atoms with E-state index >= 15 is 0 Å². The van der Waals surface area contributed by atoms with Crippen molar-refractivity contribution in [2.24, 2.45) is 0 Å². The molecule has 0 saturated carbocycles. The summed E-state index contributed by atoms with van der Waals surface area (Å²) in [7, 11) is -2.95. The van der Waals surface area contributed by atoms with Crippen LogP contribution < -0.4 is 16.0 Å². The van der Waals surface area contributed by atoms with Crippen LogP contribution in [0.4, 0.5) is 29.2 Å². The molecule has 0 aliphatic carbocycles. The molecule has 0 aliphatic rings. The molecule has 0 spiro atoms. The Morgan fingerprint density at radius 1 is 0.771 bits per heavy atom. The van der Waals surface area contributed by atoms with Crippen molar-refractivity contribution in [1.82, 2.24) is 15.0 Å². The average molecular weight is 503 g/mol. The first kappa shape index (κ1) is 26.1. The lowest BCUT2D eigenvalue weighted by molar-refractivity contribution is 0.0520. The molecule has 0 atom stereocenters. The van der Waals surface area contributed by atoms with E-state index in [9.17, 15) is 13.5 Å². The number of hydrogen-bond donors (Lipinski definition) is 4. The van der Waals surface area contributed by atoms with Gasteiger partial charge in [-0.2, -0.15) is 15.0 Å². The summed E-state index contributed by atoms with van der Waals surface area (Å²) >= 11 is 0. The Hall–Kier alpha value is -3.48. The van der Waals surface area contributed by atoms with Crippen LogP contribution in [0.2, 0.25) is 0 Å². The lowest BCUT2D eigenvalue weighted by Crippen LogP contribution is -2.16. The van der Waals surface area contributed by atoms with Crippen LogP contribution in [-0.2, 0) is 19.3 Å². The first-order valence-electron chi connectivity index (χ1n) is 11.1. The number of nitrogens with one attached hydrogen (secondary N) is 3. The number of aromatic nitrogens is 3. The third kappa shape index (κ3) is 10.5. The Morgan fingerprint density at radius 2 is 1.34 bits per heavy atom. The molecule has 3 aromatic rings. The summed E-state index contributed by atoms with van der Waals surface area (Å²) in [6.07, 6.45) is 1.68. The van der Waals surface area contributed by atoms with Crippen LogP contribution >= 0.6 is 0 Å². The van der Waals surface area contributed by atoms with Crippen LogP contribution in [-0.4, -0.2) is 73.5 Å². The summed E-state index contributed by atoms with van der Waals surface area (Å²) in [5, 5.41) is 18.9. The normalized spacial score (nSPS) is 11.2. The Bertz CT molecular complexity index is 1150. The SMILES string of the molecule is CS(=O)(=O)CCCOCCOCCNc1nc(Nc2ccccc2)nc(Nc2ccc(O)cc2)n1. The van der Waals surface area contributed by atoms with Crippen LogP contribution in [0.5, 0.6) is 5.75 Å². The second-order valence-electron chi connectivity index (χ2n) is 7.60. The van der Waals surface area contributed by atoms with E-state index in [1.165, 1.54) is 6.26 Å². The summed E-state index contributed by atoms with van der Waals surface area (Å²) in [4.78, 5) is 13.2. The Kier molecular flexibility index (Phi) is 10.0. The highest BCUT2D eigenvalue weighted by atomic mass is 32.2. The Balaban J connectivity index is 1.49. The van der Waals surface area contributed by atoms with Crippen LogP contribution in [0.3, 0.4) is 0 Å². The van der Waals surface area contributed by atoms with Crippen molar-refractivity contribution in [3.63, 3.8) is 0 Å². The van der Waals surface area contributed by atoms with Crippen LogP contribution in [0.15, 0.2) is 54.6 Å². The molecule has 1 aromatic heterocycles. The summed E-state index contributed by atoms with van der Waals surface area (Å²) in [5.41, 5.74) is 1.55. The van der Waals surface area contributed by atoms with Gasteiger partial charge in [0.2, 0.25) is 17.8 Å². The van der Waals surface area contributed by atoms with Crippen LogP contribution in [0, 0.1) is 0 Å². The van der Waals surface area contributed by atoms with E-state index in [0.717, 1.165) is 5.69 Å². The minimum absolute atomic E-state index is 0.119. The van der Waals surface area contributed by atoms with E-state index in [4.69, 9.17) is 9.47 Å². The molecule has 12 heteroatoms. The van der Waals surface area contributed by atoms with Gasteiger partial charge in [0.15, 0.2) is 0 Å². The summed E-state index contributed by atoms with van der Waals surface area (Å²) in [6.45, 7) is 2.03. The maximum atomic E-state index is 11.1. The van der Waals surface area contributed by atoms with Gasteiger partial charge in [-0.15, -0.1) is 0 Å². The topological polar surface area (TPSA) is 148 Å². The van der Waals surface area contributed by atoms with E-state index in [2.05, 4.69) is 30.9 Å². The van der Waals surface area contributed by atoms with E-state index < -0.39 is 9.84 Å². The standard InChI is InChI=1S/C23H30N6O5S/c1-35(31,32)17-5-13-33-15-16-34-14-12-24-21-27-22(25-18-6-3-2-4-7-18)29-23(28-21)26-19-8-10-20(30)11-9-19/h2-4,6-11,30H,5,12-17H2,1H3,(H3,24,25,26,27,28,29). The number of phenols is 1. The fourth-order valence-electron chi connectivity index (χ4n) is 2.87. The number of hydrogen-bond acceptors (Lipinski definition) is 11. The number of anilines is 5. The van der Waals surface area contributed by atoms with Gasteiger partial charge in [0.05, 0.1) is 25.6 Å². The molecule has 0 amide bonds.